The first-order valence-corrected chi connectivity index (χ1v) is 6.17. The highest BCUT2D eigenvalue weighted by atomic mass is 35.5. The van der Waals surface area contributed by atoms with Gasteiger partial charge in [0, 0.05) is 17.0 Å². The Bertz CT molecular complexity index is 491. The molecule has 1 heterocycles. The maximum Gasteiger partial charge on any atom is 0.0705 e. The van der Waals surface area contributed by atoms with Crippen molar-refractivity contribution in [1.29, 1.82) is 0 Å². The van der Waals surface area contributed by atoms with Crippen molar-refractivity contribution in [2.45, 2.75) is 26.1 Å². The molecule has 1 aromatic carbocycles. The van der Waals surface area contributed by atoms with E-state index in [2.05, 4.69) is 43.1 Å². The van der Waals surface area contributed by atoms with Crippen LogP contribution in [0.5, 0.6) is 0 Å². The van der Waals surface area contributed by atoms with E-state index in [4.69, 9.17) is 11.6 Å². The minimum atomic E-state index is 0.559. The Morgan fingerprint density at radius 1 is 1.19 bits per heavy atom. The van der Waals surface area contributed by atoms with E-state index in [1.165, 1.54) is 11.1 Å². The summed E-state index contributed by atoms with van der Waals surface area (Å²) in [5, 5.41) is 1.17. The lowest BCUT2D eigenvalue weighted by Gasteiger charge is -2.06. The Morgan fingerprint density at radius 2 is 2.00 bits per heavy atom. The van der Waals surface area contributed by atoms with Crippen LogP contribution in [-0.4, -0.2) is 4.98 Å². The minimum absolute atomic E-state index is 0.559. The summed E-state index contributed by atoms with van der Waals surface area (Å²) in [6.07, 6.45) is 1.03. The summed E-state index contributed by atoms with van der Waals surface area (Å²) in [4.78, 5) is 4.65. The van der Waals surface area contributed by atoms with Gasteiger partial charge in [-0.3, -0.25) is 4.98 Å². The summed E-state index contributed by atoms with van der Waals surface area (Å²) in [5.41, 5.74) is 3.38. The van der Waals surface area contributed by atoms with E-state index >= 15 is 0 Å². The topological polar surface area (TPSA) is 12.9 Å². The van der Waals surface area contributed by atoms with Crippen molar-refractivity contribution in [3.63, 3.8) is 0 Å². The van der Waals surface area contributed by atoms with Crippen LogP contribution in [-0.2, 0) is 12.3 Å². The highest BCUT2D eigenvalue weighted by Crippen LogP contribution is 2.17. The molecule has 2 heteroatoms. The van der Waals surface area contributed by atoms with Gasteiger partial charge in [-0.2, -0.15) is 0 Å². The molecule has 0 spiro atoms. The number of rotatable bonds is 3. The lowest BCUT2D eigenvalue weighted by molar-refractivity contribution is 0.637. The highest BCUT2D eigenvalue weighted by Gasteiger charge is 2.02. The summed E-state index contributed by atoms with van der Waals surface area (Å²) in [5.74, 6) is 1.20. The van der Waals surface area contributed by atoms with Crippen molar-refractivity contribution in [1.82, 2.24) is 4.98 Å². The number of fused-ring (bicyclic) bond motifs is 1. The van der Waals surface area contributed by atoms with Crippen LogP contribution in [0.15, 0.2) is 30.3 Å². The zero-order chi connectivity index (χ0) is 11.5. The molecule has 0 aliphatic carbocycles. The number of aromatic nitrogens is 1. The second-order valence-electron chi connectivity index (χ2n) is 4.56. The standard InChI is InChI=1S/C14H16ClN/c1-10(2)7-13-5-4-12-8-11(9-15)3-6-14(12)16-13/h3-6,8,10H,7,9H2,1-2H3. The van der Waals surface area contributed by atoms with Crippen LogP contribution in [0.25, 0.3) is 10.9 Å². The zero-order valence-electron chi connectivity index (χ0n) is 9.70. The van der Waals surface area contributed by atoms with Crippen LogP contribution in [0, 0.1) is 5.92 Å². The molecule has 0 radical (unpaired) electrons. The molecule has 0 unspecified atom stereocenters. The second-order valence-corrected chi connectivity index (χ2v) is 4.83. The van der Waals surface area contributed by atoms with Crippen LogP contribution in [0.2, 0.25) is 0 Å². The molecule has 0 amide bonds. The van der Waals surface area contributed by atoms with Gasteiger partial charge in [-0.1, -0.05) is 26.0 Å². The van der Waals surface area contributed by atoms with E-state index in [-0.39, 0.29) is 0 Å². The van der Waals surface area contributed by atoms with Crippen LogP contribution in [0.1, 0.15) is 25.1 Å². The smallest absolute Gasteiger partial charge is 0.0705 e. The van der Waals surface area contributed by atoms with Crippen LogP contribution >= 0.6 is 11.6 Å². The number of hydrogen-bond acceptors (Lipinski definition) is 1. The van der Waals surface area contributed by atoms with Gasteiger partial charge in [-0.25, -0.2) is 0 Å². The summed E-state index contributed by atoms with van der Waals surface area (Å²) in [6.45, 7) is 4.42. The summed E-state index contributed by atoms with van der Waals surface area (Å²) in [6, 6.07) is 10.4. The van der Waals surface area contributed by atoms with Crippen molar-refractivity contribution >= 4 is 22.5 Å². The molecule has 0 saturated heterocycles. The van der Waals surface area contributed by atoms with Gasteiger partial charge in [-0.15, -0.1) is 11.6 Å². The first kappa shape index (κ1) is 11.4. The normalized spacial score (nSPS) is 11.2. The molecule has 0 aliphatic heterocycles. The average molecular weight is 234 g/mol. The van der Waals surface area contributed by atoms with Crippen molar-refractivity contribution in [3.05, 3.63) is 41.6 Å². The van der Waals surface area contributed by atoms with Crippen molar-refractivity contribution < 1.29 is 0 Å². The van der Waals surface area contributed by atoms with Crippen LogP contribution < -0.4 is 0 Å². The molecule has 2 aromatic rings. The van der Waals surface area contributed by atoms with Gasteiger partial charge in [0.1, 0.15) is 0 Å². The number of alkyl halides is 1. The van der Waals surface area contributed by atoms with Gasteiger partial charge in [0.05, 0.1) is 5.52 Å². The quantitative estimate of drug-likeness (QED) is 0.725. The molecule has 0 aliphatic rings. The monoisotopic (exact) mass is 233 g/mol. The molecule has 84 valence electrons. The predicted octanol–water partition coefficient (Wildman–Crippen LogP) is 4.17. The fourth-order valence-electron chi connectivity index (χ4n) is 1.83. The molecule has 16 heavy (non-hydrogen) atoms. The fourth-order valence-corrected chi connectivity index (χ4v) is 2.00. The average Bonchev–Trinajstić information content (AvgIpc) is 2.27. The van der Waals surface area contributed by atoms with E-state index in [1.54, 1.807) is 0 Å². The van der Waals surface area contributed by atoms with Gasteiger partial charge in [0.2, 0.25) is 0 Å². The molecule has 0 atom stereocenters. The van der Waals surface area contributed by atoms with Gasteiger partial charge in [0.15, 0.2) is 0 Å². The second kappa shape index (κ2) is 4.84. The molecule has 1 aromatic heterocycles. The number of pyridine rings is 1. The van der Waals surface area contributed by atoms with Gasteiger partial charge in [-0.05, 0) is 36.1 Å². The largest absolute Gasteiger partial charge is 0.253 e. The lowest BCUT2D eigenvalue weighted by atomic mass is 10.1. The maximum atomic E-state index is 5.81. The van der Waals surface area contributed by atoms with Gasteiger partial charge in [0.25, 0.3) is 0 Å². The Kier molecular flexibility index (Phi) is 3.45. The highest BCUT2D eigenvalue weighted by molar-refractivity contribution is 6.17. The van der Waals surface area contributed by atoms with Crippen LogP contribution in [0.3, 0.4) is 0 Å². The molecular weight excluding hydrogens is 218 g/mol. The third-order valence-electron chi connectivity index (χ3n) is 2.58. The fraction of sp³-hybridized carbons (Fsp3) is 0.357. The number of halogens is 1. The number of hydrogen-bond donors (Lipinski definition) is 0. The van der Waals surface area contributed by atoms with Gasteiger partial charge >= 0.3 is 0 Å². The predicted molar refractivity (Wildman–Crippen MR) is 69.8 cm³/mol. The van der Waals surface area contributed by atoms with Crippen LogP contribution in [0.4, 0.5) is 0 Å². The molecule has 0 bridgehead atoms. The van der Waals surface area contributed by atoms with E-state index in [1.807, 2.05) is 6.07 Å². The minimum Gasteiger partial charge on any atom is -0.253 e. The number of nitrogens with zero attached hydrogens (tertiary/aromatic N) is 1. The first-order valence-electron chi connectivity index (χ1n) is 5.63. The molecule has 2 rings (SSSR count). The molecule has 0 saturated carbocycles. The van der Waals surface area contributed by atoms with Gasteiger partial charge < -0.3 is 0 Å². The van der Waals surface area contributed by atoms with Crippen molar-refractivity contribution in [2.75, 3.05) is 0 Å². The zero-order valence-corrected chi connectivity index (χ0v) is 10.5. The third kappa shape index (κ3) is 2.53. The molecular formula is C14H16ClN. The first-order chi connectivity index (χ1) is 7.69. The van der Waals surface area contributed by atoms with E-state index in [9.17, 15) is 0 Å². The van der Waals surface area contributed by atoms with E-state index in [0.29, 0.717) is 11.8 Å². The molecule has 0 N–H and O–H groups in total. The Balaban J connectivity index is 2.39. The SMILES string of the molecule is CC(C)Cc1ccc2cc(CCl)ccc2n1. The van der Waals surface area contributed by atoms with E-state index in [0.717, 1.165) is 17.5 Å². The summed E-state index contributed by atoms with van der Waals surface area (Å²) < 4.78 is 0. The lowest BCUT2D eigenvalue weighted by Crippen LogP contribution is -1.97. The Hall–Kier alpha value is -1.08. The maximum absolute atomic E-state index is 5.81. The Labute approximate surface area is 101 Å². The Morgan fingerprint density at radius 3 is 2.69 bits per heavy atom. The summed E-state index contributed by atoms with van der Waals surface area (Å²) in [7, 11) is 0. The molecule has 0 fully saturated rings. The van der Waals surface area contributed by atoms with E-state index < -0.39 is 0 Å². The third-order valence-corrected chi connectivity index (χ3v) is 2.89. The van der Waals surface area contributed by atoms with Crippen molar-refractivity contribution in [3.8, 4) is 0 Å². The van der Waals surface area contributed by atoms with Crippen molar-refractivity contribution in [2.24, 2.45) is 5.92 Å². The summed E-state index contributed by atoms with van der Waals surface area (Å²) >= 11 is 5.81. The molecule has 1 nitrogen and oxygen atoms in total. The number of benzene rings is 1.